The van der Waals surface area contributed by atoms with E-state index in [0.717, 1.165) is 19.3 Å². The molecule has 0 bridgehead atoms. The molecule has 0 spiro atoms. The van der Waals surface area contributed by atoms with E-state index in [4.69, 9.17) is 5.14 Å². The van der Waals surface area contributed by atoms with Crippen LogP contribution in [-0.2, 0) is 10.0 Å². The highest BCUT2D eigenvalue weighted by molar-refractivity contribution is 7.89. The van der Waals surface area contributed by atoms with Gasteiger partial charge in [-0.15, -0.1) is 0 Å². The van der Waals surface area contributed by atoms with Crippen LogP contribution in [0.3, 0.4) is 0 Å². The minimum absolute atomic E-state index is 0.0761. The van der Waals surface area contributed by atoms with Crippen LogP contribution in [0.15, 0.2) is 17.2 Å². The summed E-state index contributed by atoms with van der Waals surface area (Å²) in [7, 11) is -2.07. The van der Waals surface area contributed by atoms with E-state index in [-0.39, 0.29) is 16.5 Å². The van der Waals surface area contributed by atoms with Crippen LogP contribution in [0.2, 0.25) is 0 Å². The van der Waals surface area contributed by atoms with Crippen LogP contribution in [0.4, 0.5) is 0 Å². The summed E-state index contributed by atoms with van der Waals surface area (Å²) in [5.41, 5.74) is 0.234. The largest absolute Gasteiger partial charge is 0.356 e. The Balaban J connectivity index is 2.70. The summed E-state index contributed by atoms with van der Waals surface area (Å²) in [6, 6.07) is 1.26. The first kappa shape index (κ1) is 14.7. The highest BCUT2D eigenvalue weighted by atomic mass is 32.2. The van der Waals surface area contributed by atoms with Crippen LogP contribution in [0.5, 0.6) is 0 Å². The number of aromatic amines is 1. The number of carbonyl (C=O) groups excluding carboxylic acids is 1. The molecule has 1 heterocycles. The summed E-state index contributed by atoms with van der Waals surface area (Å²) in [6.07, 6.45) is 4.30. The lowest BCUT2D eigenvalue weighted by Gasteiger charge is -2.15. The van der Waals surface area contributed by atoms with Gasteiger partial charge in [0.2, 0.25) is 10.0 Å². The minimum atomic E-state index is -3.76. The number of sulfonamides is 1. The Hall–Kier alpha value is -1.34. The van der Waals surface area contributed by atoms with Crippen LogP contribution >= 0.6 is 0 Å². The Bertz CT molecular complexity index is 507. The quantitative estimate of drug-likeness (QED) is 0.754. The lowest BCUT2D eigenvalue weighted by molar-refractivity contribution is 0.0787. The van der Waals surface area contributed by atoms with Gasteiger partial charge < -0.3 is 9.88 Å². The third kappa shape index (κ3) is 3.85. The van der Waals surface area contributed by atoms with Crippen LogP contribution in [-0.4, -0.2) is 37.8 Å². The normalized spacial score (nSPS) is 11.5. The second-order valence-electron chi connectivity index (χ2n) is 4.23. The fourth-order valence-electron chi connectivity index (χ4n) is 1.57. The van der Waals surface area contributed by atoms with Gasteiger partial charge in [-0.05, 0) is 12.5 Å². The van der Waals surface area contributed by atoms with E-state index in [1.807, 2.05) is 0 Å². The molecule has 1 aromatic rings. The summed E-state index contributed by atoms with van der Waals surface area (Å²) < 4.78 is 22.2. The Labute approximate surface area is 107 Å². The molecule has 0 saturated carbocycles. The van der Waals surface area contributed by atoms with E-state index in [9.17, 15) is 13.2 Å². The Morgan fingerprint density at radius 1 is 1.44 bits per heavy atom. The smallest absolute Gasteiger partial charge is 0.270 e. The molecule has 7 heteroatoms. The van der Waals surface area contributed by atoms with E-state index < -0.39 is 10.0 Å². The molecule has 0 saturated heterocycles. The van der Waals surface area contributed by atoms with Crippen molar-refractivity contribution in [1.29, 1.82) is 0 Å². The third-order valence-corrected chi connectivity index (χ3v) is 3.55. The van der Waals surface area contributed by atoms with Gasteiger partial charge in [0.05, 0.1) is 4.90 Å². The average Bonchev–Trinajstić information content (AvgIpc) is 2.77. The molecule has 1 aromatic heterocycles. The number of hydrogen-bond acceptors (Lipinski definition) is 3. The van der Waals surface area contributed by atoms with E-state index in [1.165, 1.54) is 12.3 Å². The first-order chi connectivity index (χ1) is 8.36. The predicted octanol–water partition coefficient (Wildman–Crippen LogP) is 0.924. The van der Waals surface area contributed by atoms with E-state index in [2.05, 4.69) is 11.9 Å². The molecule has 1 amide bonds. The number of aromatic nitrogens is 1. The number of amides is 1. The fraction of sp³-hybridized carbons (Fsp3) is 0.545. The molecule has 0 radical (unpaired) electrons. The molecule has 18 heavy (non-hydrogen) atoms. The lowest BCUT2D eigenvalue weighted by Crippen LogP contribution is -2.28. The van der Waals surface area contributed by atoms with E-state index >= 15 is 0 Å². The van der Waals surface area contributed by atoms with Crippen molar-refractivity contribution in [2.75, 3.05) is 13.6 Å². The maximum Gasteiger partial charge on any atom is 0.270 e. The van der Waals surface area contributed by atoms with Crippen molar-refractivity contribution >= 4 is 15.9 Å². The van der Waals surface area contributed by atoms with Gasteiger partial charge >= 0.3 is 0 Å². The van der Waals surface area contributed by atoms with Gasteiger partial charge in [-0.1, -0.05) is 19.8 Å². The van der Waals surface area contributed by atoms with Gasteiger partial charge in [0.25, 0.3) is 5.91 Å². The number of nitrogens with one attached hydrogen (secondary N) is 1. The Morgan fingerprint density at radius 3 is 2.61 bits per heavy atom. The number of nitrogens with two attached hydrogens (primary N) is 1. The van der Waals surface area contributed by atoms with Crippen LogP contribution in [0.1, 0.15) is 36.7 Å². The molecule has 1 rings (SSSR count). The molecule has 102 valence electrons. The monoisotopic (exact) mass is 273 g/mol. The summed E-state index contributed by atoms with van der Waals surface area (Å²) in [5, 5.41) is 4.97. The number of hydrogen-bond donors (Lipinski definition) is 2. The number of primary sulfonamides is 1. The van der Waals surface area contributed by atoms with Gasteiger partial charge in [0.15, 0.2) is 0 Å². The molecule has 0 aliphatic carbocycles. The van der Waals surface area contributed by atoms with E-state index in [1.54, 1.807) is 11.9 Å². The highest BCUT2D eigenvalue weighted by Crippen LogP contribution is 2.10. The first-order valence-electron chi connectivity index (χ1n) is 5.83. The average molecular weight is 273 g/mol. The minimum Gasteiger partial charge on any atom is -0.356 e. The van der Waals surface area contributed by atoms with Crippen LogP contribution < -0.4 is 5.14 Å². The zero-order valence-electron chi connectivity index (χ0n) is 10.6. The molecule has 0 fully saturated rings. The van der Waals surface area contributed by atoms with E-state index in [0.29, 0.717) is 6.54 Å². The van der Waals surface area contributed by atoms with Crippen molar-refractivity contribution in [3.8, 4) is 0 Å². The van der Waals surface area contributed by atoms with Crippen molar-refractivity contribution < 1.29 is 13.2 Å². The number of rotatable bonds is 6. The Morgan fingerprint density at radius 2 is 2.11 bits per heavy atom. The summed E-state index contributed by atoms with van der Waals surface area (Å²) in [6.45, 7) is 2.74. The van der Waals surface area contributed by atoms with Gasteiger partial charge in [0.1, 0.15) is 5.69 Å². The number of unbranched alkanes of at least 4 members (excludes halogenated alkanes) is 2. The number of H-pyrrole nitrogens is 1. The molecule has 0 atom stereocenters. The molecular weight excluding hydrogens is 254 g/mol. The van der Waals surface area contributed by atoms with Crippen LogP contribution in [0, 0.1) is 0 Å². The van der Waals surface area contributed by atoms with Gasteiger partial charge in [-0.3, -0.25) is 4.79 Å². The van der Waals surface area contributed by atoms with Gasteiger partial charge in [-0.2, -0.15) is 0 Å². The standard InChI is InChI=1S/C11H19N3O3S/c1-3-4-5-6-14(2)11(15)10-7-9(8-13-10)18(12,16)17/h7-8,13H,3-6H2,1-2H3,(H2,12,16,17). The first-order valence-corrected chi connectivity index (χ1v) is 7.37. The molecule has 0 aromatic carbocycles. The molecule has 0 aliphatic rings. The second-order valence-corrected chi connectivity index (χ2v) is 5.79. The molecule has 0 aliphatic heterocycles. The maximum atomic E-state index is 11.9. The molecular formula is C11H19N3O3S. The van der Waals surface area contributed by atoms with Crippen molar-refractivity contribution in [3.63, 3.8) is 0 Å². The van der Waals surface area contributed by atoms with Crippen molar-refractivity contribution in [3.05, 3.63) is 18.0 Å². The maximum absolute atomic E-state index is 11.9. The predicted molar refractivity (Wildman–Crippen MR) is 68.7 cm³/mol. The number of nitrogens with zero attached hydrogens (tertiary/aromatic N) is 1. The zero-order chi connectivity index (χ0) is 13.8. The van der Waals surface area contributed by atoms with Crippen molar-refractivity contribution in [1.82, 2.24) is 9.88 Å². The summed E-state index contributed by atoms with van der Waals surface area (Å²) in [4.78, 5) is 16.1. The van der Waals surface area contributed by atoms with Gasteiger partial charge in [-0.25, -0.2) is 13.6 Å². The molecule has 3 N–H and O–H groups in total. The topological polar surface area (TPSA) is 96.3 Å². The molecule has 0 unspecified atom stereocenters. The van der Waals surface area contributed by atoms with Gasteiger partial charge in [0, 0.05) is 19.8 Å². The highest BCUT2D eigenvalue weighted by Gasteiger charge is 2.17. The number of carbonyl (C=O) groups is 1. The van der Waals surface area contributed by atoms with Crippen molar-refractivity contribution in [2.24, 2.45) is 5.14 Å². The third-order valence-electron chi connectivity index (χ3n) is 2.66. The Kier molecular flexibility index (Phi) is 4.92. The van der Waals surface area contributed by atoms with Crippen molar-refractivity contribution in [2.45, 2.75) is 31.1 Å². The SMILES string of the molecule is CCCCCN(C)C(=O)c1cc(S(N)(=O)=O)c[nH]1. The summed E-state index contributed by atoms with van der Waals surface area (Å²) >= 11 is 0. The summed E-state index contributed by atoms with van der Waals surface area (Å²) in [5.74, 6) is -0.235. The van der Waals surface area contributed by atoms with Crippen LogP contribution in [0.25, 0.3) is 0 Å². The second kappa shape index (κ2) is 6.01. The molecule has 6 nitrogen and oxygen atoms in total. The lowest BCUT2D eigenvalue weighted by atomic mass is 10.2. The zero-order valence-corrected chi connectivity index (χ0v) is 11.5. The fourth-order valence-corrected chi connectivity index (χ4v) is 2.07.